The molecule has 2 rings (SSSR count). The number of hydrogen-bond donors (Lipinski definition) is 1. The van der Waals surface area contributed by atoms with Gasteiger partial charge in [0.2, 0.25) is 0 Å². The minimum Gasteiger partial charge on any atom is -0.317 e. The highest BCUT2D eigenvalue weighted by molar-refractivity contribution is 6.02. The van der Waals surface area contributed by atoms with Crippen LogP contribution in [0.15, 0.2) is 24.3 Å². The molecule has 1 aromatic carbocycles. The predicted molar refractivity (Wildman–Crippen MR) is 75.2 cm³/mol. The van der Waals surface area contributed by atoms with Crippen LogP contribution < -0.4 is 5.32 Å². The average Bonchev–Trinajstić information content (AvgIpc) is 2.47. The van der Waals surface area contributed by atoms with Gasteiger partial charge in [-0.3, -0.25) is 4.79 Å². The lowest BCUT2D eigenvalue weighted by Crippen LogP contribution is -2.42. The molecule has 1 saturated heterocycles. The Kier molecular flexibility index (Phi) is 4.71. The number of ketones is 1. The fourth-order valence-electron chi connectivity index (χ4n) is 3.19. The van der Waals surface area contributed by atoms with Crippen molar-refractivity contribution < 1.29 is 18.0 Å². The van der Waals surface area contributed by atoms with E-state index in [1.807, 2.05) is 6.92 Å². The van der Waals surface area contributed by atoms with Crippen molar-refractivity contribution in [3.8, 4) is 0 Å². The minimum atomic E-state index is -4.49. The molecule has 1 aliphatic heterocycles. The van der Waals surface area contributed by atoms with Gasteiger partial charge in [0, 0.05) is 11.0 Å². The van der Waals surface area contributed by atoms with E-state index in [9.17, 15) is 18.0 Å². The fourth-order valence-corrected chi connectivity index (χ4v) is 3.19. The molecule has 2 nitrogen and oxygen atoms in total. The zero-order valence-corrected chi connectivity index (χ0v) is 12.1. The highest BCUT2D eigenvalue weighted by Gasteiger charge is 2.43. The SMILES string of the molecule is CCCC1(C(=O)c2ccccc2C(F)(F)F)CCNCC1. The minimum absolute atomic E-state index is 0.180. The lowest BCUT2D eigenvalue weighted by molar-refractivity contribution is -0.138. The molecule has 0 atom stereocenters. The van der Waals surface area contributed by atoms with Crippen LogP contribution in [-0.2, 0) is 6.18 Å². The molecule has 21 heavy (non-hydrogen) atoms. The molecular formula is C16H20F3NO. The van der Waals surface area contributed by atoms with Crippen molar-refractivity contribution in [2.45, 2.75) is 38.8 Å². The molecule has 116 valence electrons. The smallest absolute Gasteiger partial charge is 0.317 e. The highest BCUT2D eigenvalue weighted by atomic mass is 19.4. The van der Waals surface area contributed by atoms with Gasteiger partial charge < -0.3 is 5.32 Å². The molecule has 0 unspecified atom stereocenters. The van der Waals surface area contributed by atoms with Crippen molar-refractivity contribution in [3.05, 3.63) is 35.4 Å². The largest absolute Gasteiger partial charge is 0.417 e. The molecule has 1 aliphatic rings. The molecule has 0 radical (unpaired) electrons. The molecule has 5 heteroatoms. The summed E-state index contributed by atoms with van der Waals surface area (Å²) in [6.07, 6.45) is -1.86. The number of rotatable bonds is 4. The van der Waals surface area contributed by atoms with Gasteiger partial charge in [-0.25, -0.2) is 0 Å². The number of piperidine rings is 1. The Morgan fingerprint density at radius 3 is 2.43 bits per heavy atom. The first-order valence-electron chi connectivity index (χ1n) is 7.32. The van der Waals surface area contributed by atoms with Gasteiger partial charge in [-0.1, -0.05) is 31.5 Å². The van der Waals surface area contributed by atoms with Crippen LogP contribution in [0.25, 0.3) is 0 Å². The van der Waals surface area contributed by atoms with Crippen molar-refractivity contribution in [1.29, 1.82) is 0 Å². The van der Waals surface area contributed by atoms with Crippen LogP contribution in [0, 0.1) is 5.41 Å². The maximum Gasteiger partial charge on any atom is 0.417 e. The van der Waals surface area contributed by atoms with Gasteiger partial charge in [-0.2, -0.15) is 13.2 Å². The molecule has 1 fully saturated rings. The van der Waals surface area contributed by atoms with Gasteiger partial charge in [0.15, 0.2) is 5.78 Å². The van der Waals surface area contributed by atoms with Gasteiger partial charge in [-0.05, 0) is 38.4 Å². The van der Waals surface area contributed by atoms with Crippen molar-refractivity contribution in [3.63, 3.8) is 0 Å². The number of halogens is 3. The summed E-state index contributed by atoms with van der Waals surface area (Å²) in [5, 5.41) is 3.17. The first-order chi connectivity index (χ1) is 9.91. The molecule has 0 spiro atoms. The summed E-state index contributed by atoms with van der Waals surface area (Å²) >= 11 is 0. The number of carbonyl (C=O) groups excluding carboxylic acids is 1. The van der Waals surface area contributed by atoms with E-state index in [1.165, 1.54) is 18.2 Å². The van der Waals surface area contributed by atoms with Gasteiger partial charge in [0.05, 0.1) is 5.56 Å². The van der Waals surface area contributed by atoms with Crippen LogP contribution in [-0.4, -0.2) is 18.9 Å². The van der Waals surface area contributed by atoms with Crippen LogP contribution in [0.5, 0.6) is 0 Å². The molecular weight excluding hydrogens is 279 g/mol. The standard InChI is InChI=1S/C16H20F3NO/c1-2-7-15(8-10-20-11-9-15)14(21)12-5-3-4-6-13(12)16(17,18)19/h3-6,20H,2,7-11H2,1H3. The number of carbonyl (C=O) groups is 1. The second-order valence-corrected chi connectivity index (χ2v) is 5.65. The van der Waals surface area contributed by atoms with E-state index in [0.717, 1.165) is 12.5 Å². The second kappa shape index (κ2) is 6.18. The van der Waals surface area contributed by atoms with Crippen LogP contribution in [0.1, 0.15) is 48.5 Å². The Morgan fingerprint density at radius 1 is 1.24 bits per heavy atom. The molecule has 1 aromatic rings. The Morgan fingerprint density at radius 2 is 1.86 bits per heavy atom. The number of benzene rings is 1. The van der Waals surface area contributed by atoms with E-state index in [0.29, 0.717) is 32.4 Å². The summed E-state index contributed by atoms with van der Waals surface area (Å²) in [4.78, 5) is 12.9. The van der Waals surface area contributed by atoms with E-state index < -0.39 is 17.2 Å². The lowest BCUT2D eigenvalue weighted by atomic mass is 9.69. The lowest BCUT2D eigenvalue weighted by Gasteiger charge is -2.36. The van der Waals surface area contributed by atoms with Crippen LogP contribution in [0.2, 0.25) is 0 Å². The summed E-state index contributed by atoms with van der Waals surface area (Å²) in [7, 11) is 0. The molecule has 0 saturated carbocycles. The Hall–Kier alpha value is -1.36. The average molecular weight is 299 g/mol. The summed E-state index contributed by atoms with van der Waals surface area (Å²) < 4.78 is 39.4. The molecule has 0 aliphatic carbocycles. The number of Topliss-reactive ketones (excluding diaryl/α,β-unsaturated/α-hetero) is 1. The summed E-state index contributed by atoms with van der Waals surface area (Å²) in [6.45, 7) is 3.33. The maximum atomic E-state index is 13.1. The molecule has 1 N–H and O–H groups in total. The summed E-state index contributed by atoms with van der Waals surface area (Å²) in [5.74, 6) is -0.348. The number of hydrogen-bond acceptors (Lipinski definition) is 2. The predicted octanol–water partition coefficient (Wildman–Crippen LogP) is 4.06. The Bertz CT molecular complexity index is 499. The topological polar surface area (TPSA) is 29.1 Å². The molecule has 0 aromatic heterocycles. The monoisotopic (exact) mass is 299 g/mol. The zero-order chi connectivity index (χ0) is 15.5. The van der Waals surface area contributed by atoms with Gasteiger partial charge in [-0.15, -0.1) is 0 Å². The van der Waals surface area contributed by atoms with Crippen molar-refractivity contribution in [1.82, 2.24) is 5.32 Å². The number of nitrogens with one attached hydrogen (secondary N) is 1. The van der Waals surface area contributed by atoms with Gasteiger partial charge in [0.1, 0.15) is 0 Å². The second-order valence-electron chi connectivity index (χ2n) is 5.65. The van der Waals surface area contributed by atoms with Crippen LogP contribution in [0.4, 0.5) is 13.2 Å². The first kappa shape index (κ1) is 16.0. The molecule has 1 heterocycles. The van der Waals surface area contributed by atoms with Crippen molar-refractivity contribution in [2.24, 2.45) is 5.41 Å². The summed E-state index contributed by atoms with van der Waals surface area (Å²) in [5.41, 5.74) is -1.65. The van der Waals surface area contributed by atoms with E-state index in [1.54, 1.807) is 0 Å². The van der Waals surface area contributed by atoms with Crippen molar-refractivity contribution >= 4 is 5.78 Å². The highest BCUT2D eigenvalue weighted by Crippen LogP contribution is 2.41. The first-order valence-corrected chi connectivity index (χ1v) is 7.32. The summed E-state index contributed by atoms with van der Waals surface area (Å²) in [6, 6.07) is 5.14. The quantitative estimate of drug-likeness (QED) is 0.850. The normalized spacial score (nSPS) is 18.5. The van der Waals surface area contributed by atoms with Crippen LogP contribution >= 0.6 is 0 Å². The third kappa shape index (κ3) is 3.28. The van der Waals surface area contributed by atoms with Gasteiger partial charge in [0.25, 0.3) is 0 Å². The van der Waals surface area contributed by atoms with Gasteiger partial charge >= 0.3 is 6.18 Å². The van der Waals surface area contributed by atoms with Crippen molar-refractivity contribution in [2.75, 3.05) is 13.1 Å². The third-order valence-corrected chi connectivity index (χ3v) is 4.25. The Labute approximate surface area is 122 Å². The molecule has 0 bridgehead atoms. The van der Waals surface area contributed by atoms with E-state index in [-0.39, 0.29) is 11.3 Å². The van der Waals surface area contributed by atoms with E-state index in [4.69, 9.17) is 0 Å². The zero-order valence-electron chi connectivity index (χ0n) is 12.1. The molecule has 0 amide bonds. The Balaban J connectivity index is 2.42. The maximum absolute atomic E-state index is 13.1. The van der Waals surface area contributed by atoms with E-state index >= 15 is 0 Å². The number of alkyl halides is 3. The third-order valence-electron chi connectivity index (χ3n) is 4.25. The van der Waals surface area contributed by atoms with E-state index in [2.05, 4.69) is 5.32 Å². The van der Waals surface area contributed by atoms with Crippen LogP contribution in [0.3, 0.4) is 0 Å². The fraction of sp³-hybridized carbons (Fsp3) is 0.562.